The van der Waals surface area contributed by atoms with Gasteiger partial charge in [-0.2, -0.15) is 0 Å². The molecule has 5 aliphatic rings. The first-order chi connectivity index (χ1) is 14.7. The van der Waals surface area contributed by atoms with Crippen molar-refractivity contribution in [3.8, 4) is 0 Å². The van der Waals surface area contributed by atoms with Crippen molar-refractivity contribution in [3.63, 3.8) is 0 Å². The molecule has 0 saturated heterocycles. The average molecular weight is 441 g/mol. The average Bonchev–Trinajstić information content (AvgIpc) is 2.70. The normalized spacial score (nSPS) is 54.6. The molecule has 3 heteroatoms. The minimum Gasteiger partial charge on any atom is -0.393 e. The maximum Gasteiger partial charge on any atom is 0.147 e. The van der Waals surface area contributed by atoms with E-state index in [0.29, 0.717) is 11.3 Å². The van der Waals surface area contributed by atoms with Crippen molar-refractivity contribution in [2.24, 2.45) is 50.7 Å². The van der Waals surface area contributed by atoms with E-state index in [0.717, 1.165) is 31.3 Å². The molecular formula is C29H44O3. The standard InChI is InChI=1S/C29H44O3/c1-17-18-8-9-21-27(5,24(18)20(31)14-19(17)30)12-13-28(6)22-15-25(2,3)10-11-26(22,4)16-23(32)29(21,28)7/h8,17,21-24,32H,9-16H2,1-7H3. The molecule has 0 spiro atoms. The predicted molar refractivity (Wildman–Crippen MR) is 127 cm³/mol. The molecule has 5 rings (SSSR count). The summed E-state index contributed by atoms with van der Waals surface area (Å²) in [6.45, 7) is 16.5. The second-order valence-electron chi connectivity index (χ2n) is 14.3. The van der Waals surface area contributed by atoms with Gasteiger partial charge in [0, 0.05) is 17.3 Å². The number of fused-ring (bicyclic) bond motifs is 7. The molecule has 0 bridgehead atoms. The van der Waals surface area contributed by atoms with Crippen LogP contribution < -0.4 is 0 Å². The summed E-state index contributed by atoms with van der Waals surface area (Å²) in [6.07, 6.45) is 9.57. The van der Waals surface area contributed by atoms with E-state index in [2.05, 4.69) is 47.6 Å². The van der Waals surface area contributed by atoms with Crippen LogP contribution in [0.5, 0.6) is 0 Å². The molecule has 0 heterocycles. The molecule has 3 nitrogen and oxygen atoms in total. The Morgan fingerprint density at radius 3 is 2.25 bits per heavy atom. The van der Waals surface area contributed by atoms with Crippen molar-refractivity contribution in [1.82, 2.24) is 0 Å². The van der Waals surface area contributed by atoms with Gasteiger partial charge < -0.3 is 5.11 Å². The first-order valence-corrected chi connectivity index (χ1v) is 13.1. The van der Waals surface area contributed by atoms with Gasteiger partial charge in [0.05, 0.1) is 12.5 Å². The first-order valence-electron chi connectivity index (χ1n) is 13.1. The smallest absolute Gasteiger partial charge is 0.147 e. The zero-order chi connectivity index (χ0) is 23.5. The topological polar surface area (TPSA) is 54.4 Å². The van der Waals surface area contributed by atoms with Gasteiger partial charge in [-0.3, -0.25) is 9.59 Å². The molecule has 4 fully saturated rings. The van der Waals surface area contributed by atoms with Crippen LogP contribution in [0, 0.1) is 50.7 Å². The maximum absolute atomic E-state index is 13.3. The number of hydrogen-bond acceptors (Lipinski definition) is 3. The summed E-state index contributed by atoms with van der Waals surface area (Å²) in [5, 5.41) is 11.9. The van der Waals surface area contributed by atoms with Gasteiger partial charge in [0.1, 0.15) is 11.6 Å². The van der Waals surface area contributed by atoms with Gasteiger partial charge in [0.15, 0.2) is 0 Å². The zero-order valence-corrected chi connectivity index (χ0v) is 21.4. The number of rotatable bonds is 0. The number of hydrogen-bond donors (Lipinski definition) is 1. The highest BCUT2D eigenvalue weighted by molar-refractivity contribution is 6.07. The number of Topliss-reactive ketones (excluding diaryl/α,β-unsaturated/α-hetero) is 2. The summed E-state index contributed by atoms with van der Waals surface area (Å²) in [4.78, 5) is 25.8. The Morgan fingerprint density at radius 1 is 0.875 bits per heavy atom. The number of aliphatic hydroxyl groups is 1. The van der Waals surface area contributed by atoms with Crippen molar-refractivity contribution >= 4 is 11.6 Å². The highest BCUT2D eigenvalue weighted by Gasteiger charge is 2.72. The third-order valence-electron chi connectivity index (χ3n) is 12.3. The quantitative estimate of drug-likeness (QED) is 0.364. The SMILES string of the molecule is CC1C(=O)CC(=O)C2C1=CCC1C2(C)CCC2(C)C3CC(C)(C)CCC3(C)CC(O)C12C. The Labute approximate surface area is 194 Å². The lowest BCUT2D eigenvalue weighted by Gasteiger charge is -2.73. The minimum atomic E-state index is -0.340. The molecule has 5 aliphatic carbocycles. The van der Waals surface area contributed by atoms with Gasteiger partial charge >= 0.3 is 0 Å². The lowest BCUT2D eigenvalue weighted by molar-refractivity contribution is -0.270. The van der Waals surface area contributed by atoms with Crippen LogP contribution in [0.25, 0.3) is 0 Å². The molecular weight excluding hydrogens is 396 g/mol. The van der Waals surface area contributed by atoms with Crippen LogP contribution >= 0.6 is 0 Å². The van der Waals surface area contributed by atoms with E-state index in [1.165, 1.54) is 19.3 Å². The molecule has 0 aromatic heterocycles. The van der Waals surface area contributed by atoms with Crippen molar-refractivity contribution in [3.05, 3.63) is 11.6 Å². The highest BCUT2D eigenvalue weighted by Crippen LogP contribution is 2.76. The molecule has 0 aromatic carbocycles. The molecule has 1 N–H and O–H groups in total. The summed E-state index contributed by atoms with van der Waals surface area (Å²) in [6, 6.07) is 0. The number of carbonyl (C=O) groups excluding carboxylic acids is 2. The van der Waals surface area contributed by atoms with E-state index in [4.69, 9.17) is 0 Å². The first kappa shape index (κ1) is 22.8. The van der Waals surface area contributed by atoms with Crippen LogP contribution in [-0.2, 0) is 9.59 Å². The van der Waals surface area contributed by atoms with E-state index < -0.39 is 0 Å². The van der Waals surface area contributed by atoms with Crippen molar-refractivity contribution in [1.29, 1.82) is 0 Å². The Hall–Kier alpha value is -0.960. The summed E-state index contributed by atoms with van der Waals surface area (Å²) < 4.78 is 0. The largest absolute Gasteiger partial charge is 0.393 e. The second kappa shape index (κ2) is 6.58. The van der Waals surface area contributed by atoms with Crippen LogP contribution in [0.4, 0.5) is 0 Å². The predicted octanol–water partition coefficient (Wildman–Crippen LogP) is 6.14. The molecule has 4 saturated carbocycles. The molecule has 0 aromatic rings. The maximum atomic E-state index is 13.3. The summed E-state index contributed by atoms with van der Waals surface area (Å²) in [7, 11) is 0. The number of carbonyl (C=O) groups is 2. The van der Waals surface area contributed by atoms with Crippen molar-refractivity contribution in [2.45, 2.75) is 106 Å². The molecule has 0 amide bonds. The Morgan fingerprint density at radius 2 is 1.56 bits per heavy atom. The lowest BCUT2D eigenvalue weighted by atomic mass is 9.31. The van der Waals surface area contributed by atoms with Gasteiger partial charge in [-0.1, -0.05) is 60.1 Å². The monoisotopic (exact) mass is 440 g/mol. The third kappa shape index (κ3) is 2.64. The van der Waals surface area contributed by atoms with Crippen molar-refractivity contribution in [2.75, 3.05) is 0 Å². The van der Waals surface area contributed by atoms with E-state index in [-0.39, 0.29) is 63.5 Å². The fraction of sp³-hybridized carbons (Fsp3) is 0.862. The van der Waals surface area contributed by atoms with Gasteiger partial charge in [0.2, 0.25) is 0 Å². The zero-order valence-electron chi connectivity index (χ0n) is 21.4. The third-order valence-corrected chi connectivity index (χ3v) is 12.3. The molecule has 0 aliphatic heterocycles. The summed E-state index contributed by atoms with van der Waals surface area (Å²) in [5.74, 6) is 0.826. The molecule has 32 heavy (non-hydrogen) atoms. The summed E-state index contributed by atoms with van der Waals surface area (Å²) in [5.41, 5.74) is 1.32. The summed E-state index contributed by atoms with van der Waals surface area (Å²) >= 11 is 0. The number of ketones is 2. The van der Waals surface area contributed by atoms with Crippen LogP contribution in [0.2, 0.25) is 0 Å². The molecule has 9 unspecified atom stereocenters. The van der Waals surface area contributed by atoms with E-state index in [1.54, 1.807) is 0 Å². The fourth-order valence-corrected chi connectivity index (χ4v) is 10.0. The van der Waals surface area contributed by atoms with Gasteiger partial charge in [0.25, 0.3) is 0 Å². The molecule has 0 radical (unpaired) electrons. The van der Waals surface area contributed by atoms with Crippen LogP contribution in [0.15, 0.2) is 11.6 Å². The number of aliphatic hydroxyl groups excluding tert-OH is 1. The highest BCUT2D eigenvalue weighted by atomic mass is 16.3. The minimum absolute atomic E-state index is 0.0613. The van der Waals surface area contributed by atoms with E-state index >= 15 is 0 Å². The van der Waals surface area contributed by atoms with Crippen LogP contribution in [0.3, 0.4) is 0 Å². The Bertz CT molecular complexity index is 900. The Balaban J connectivity index is 1.62. The fourth-order valence-electron chi connectivity index (χ4n) is 10.0. The second-order valence-corrected chi connectivity index (χ2v) is 14.3. The van der Waals surface area contributed by atoms with Gasteiger partial charge in [-0.25, -0.2) is 0 Å². The van der Waals surface area contributed by atoms with Gasteiger partial charge in [-0.15, -0.1) is 0 Å². The van der Waals surface area contributed by atoms with E-state index in [1.807, 2.05) is 6.92 Å². The lowest BCUT2D eigenvalue weighted by Crippen LogP contribution is -2.70. The molecule has 9 atom stereocenters. The van der Waals surface area contributed by atoms with Crippen LogP contribution in [0.1, 0.15) is 99.8 Å². The number of allylic oxidation sites excluding steroid dienone is 2. The van der Waals surface area contributed by atoms with Crippen LogP contribution in [-0.4, -0.2) is 22.8 Å². The van der Waals surface area contributed by atoms with E-state index in [9.17, 15) is 14.7 Å². The van der Waals surface area contributed by atoms with Gasteiger partial charge in [-0.05, 0) is 78.4 Å². The van der Waals surface area contributed by atoms with Crippen molar-refractivity contribution < 1.29 is 14.7 Å². The molecule has 178 valence electrons. The Kier molecular flexibility index (Phi) is 4.69.